The molecule has 1 saturated heterocycles. The molecule has 6 aromatic rings. The van der Waals surface area contributed by atoms with Crippen LogP contribution >= 0.6 is 0 Å². The van der Waals surface area contributed by atoms with Crippen LogP contribution in [0.2, 0.25) is 0 Å². The number of carbonyl (C=O) groups excluding carboxylic acids is 11. The van der Waals surface area contributed by atoms with Crippen LogP contribution < -0.4 is 75.5 Å². The standard InChI is InChI=1S/C74H104N20O13/c1-9-11-16-55(85-71(105)63(76)43(7)10-2)73(107)93-28-26-92(27-29-93)48-21-24-53-51(34-48)72(106)94(40-83-53)38-62(98)84-54(18-14-25-80-74(77)78)65(99)89-59(33-47-37-79-39-82-47)68(102)87-57(31-45-19-22-49(96)23-20-45)67(101)86-56(30-41(3)4)66(100)90-60(35-61(75)97)69(103)88-58(70(104)91-64(42(5)6)44(8)95)32-46-36-81-52-17-13-12-15-50(46)52/h12-13,15,17,19-24,34,36-37,39-43,54-60,63-64,81,96H,9-11,14,16,18,25-33,35,38,76H2,1-8H3,(H2,75,97)(H,79,82)(H,84,98)(H,85,105)(H,86,101)(H,87,102)(H,88,103)(H,89,99)(H,90,100)(H,91,104)(H4,77,78,80)/t43-,54-,55-,56-,57-,58-,59-,60-,63-,64-/m0/s1. The number of guanidine groups is 1. The number of primary amides is 1. The first kappa shape index (κ1) is 83.0. The summed E-state index contributed by atoms with van der Waals surface area (Å²) < 4.78 is 1.08. The molecular weight excluding hydrogens is 1380 g/mol. The largest absolute Gasteiger partial charge is 0.508 e. The van der Waals surface area contributed by atoms with Crippen LogP contribution in [0.1, 0.15) is 124 Å². The number of rotatable bonds is 40. The number of Topliss-reactive ketones (excluding diaryl/α,β-unsaturated/α-hetero) is 1. The summed E-state index contributed by atoms with van der Waals surface area (Å²) in [6.07, 6.45) is 6.94. The summed E-state index contributed by atoms with van der Waals surface area (Å²) in [6.45, 7) is 15.1. The number of unbranched alkanes of at least 4 members (excludes halogenated alkanes) is 1. The van der Waals surface area contributed by atoms with Gasteiger partial charge in [0.25, 0.3) is 5.56 Å². The number of aromatic hydroxyl groups is 1. The Bertz CT molecular complexity index is 4150. The number of para-hydroxylation sites is 1. The molecule has 1 aliphatic heterocycles. The minimum absolute atomic E-state index is 0.0702. The molecule has 0 aliphatic carbocycles. The molecule has 1 fully saturated rings. The van der Waals surface area contributed by atoms with E-state index >= 15 is 0 Å². The topological polar surface area (TPSA) is 504 Å². The van der Waals surface area contributed by atoms with Gasteiger partial charge < -0.3 is 89.9 Å². The molecular formula is C74H104N20O13. The first-order valence-electron chi connectivity index (χ1n) is 36.3. The summed E-state index contributed by atoms with van der Waals surface area (Å²) in [6, 6.07) is 6.60. The van der Waals surface area contributed by atoms with Gasteiger partial charge in [-0.3, -0.25) is 67.5 Å². The lowest BCUT2D eigenvalue weighted by molar-refractivity contribution is -0.137. The molecule has 4 heterocycles. The normalized spacial score (nSPS) is 15.1. The third-order valence-electron chi connectivity index (χ3n) is 18.9. The molecule has 33 heteroatoms. The number of phenols is 1. The van der Waals surface area contributed by atoms with E-state index in [1.54, 1.807) is 63.1 Å². The number of ketones is 1. The fourth-order valence-electron chi connectivity index (χ4n) is 12.6. The van der Waals surface area contributed by atoms with E-state index in [0.29, 0.717) is 61.4 Å². The molecule has 107 heavy (non-hydrogen) atoms. The zero-order chi connectivity index (χ0) is 78.2. The number of nitrogens with two attached hydrogens (primary N) is 3. The number of amides is 10. The highest BCUT2D eigenvalue weighted by Gasteiger charge is 2.37. The maximum Gasteiger partial charge on any atom is 0.261 e. The summed E-state index contributed by atoms with van der Waals surface area (Å²) in [5.74, 6) is -9.37. The first-order chi connectivity index (χ1) is 50.9. The Balaban J connectivity index is 1.09. The Labute approximate surface area is 620 Å². The predicted molar refractivity (Wildman–Crippen MR) is 401 cm³/mol. The number of piperazine rings is 1. The summed E-state index contributed by atoms with van der Waals surface area (Å²) in [5, 5.41) is 43.2. The Kier molecular flexibility index (Phi) is 30.8. The van der Waals surface area contributed by atoms with Gasteiger partial charge in [-0.25, -0.2) is 9.97 Å². The number of carbonyl (C=O) groups is 11. The fourth-order valence-corrected chi connectivity index (χ4v) is 12.6. The number of imidazole rings is 1. The highest BCUT2D eigenvalue weighted by molar-refractivity contribution is 6.00. The van der Waals surface area contributed by atoms with Gasteiger partial charge in [0.1, 0.15) is 54.6 Å². The van der Waals surface area contributed by atoms with Crippen molar-refractivity contribution >= 4 is 98.3 Å². The van der Waals surface area contributed by atoms with Crippen LogP contribution in [0.4, 0.5) is 5.69 Å². The van der Waals surface area contributed by atoms with Gasteiger partial charge in [-0.15, -0.1) is 0 Å². The average molecular weight is 1480 g/mol. The Morgan fingerprint density at radius 2 is 1.24 bits per heavy atom. The van der Waals surface area contributed by atoms with E-state index in [2.05, 4.69) is 67.8 Å². The lowest BCUT2D eigenvalue weighted by atomic mass is 9.98. The molecule has 1 aliphatic rings. The molecule has 3 aromatic heterocycles. The number of phenolic OH excluding ortho intramolecular Hbond substituents is 1. The molecule has 0 unspecified atom stereocenters. The van der Waals surface area contributed by atoms with Crippen molar-refractivity contribution in [1.29, 1.82) is 5.41 Å². The highest BCUT2D eigenvalue weighted by atomic mass is 16.3. The minimum Gasteiger partial charge on any atom is -0.508 e. The van der Waals surface area contributed by atoms with Crippen molar-refractivity contribution in [3.8, 4) is 5.75 Å². The number of aromatic amines is 2. The number of benzene rings is 3. The summed E-state index contributed by atoms with van der Waals surface area (Å²) in [7, 11) is 0. The number of hydrogen-bond acceptors (Lipinski definition) is 18. The Morgan fingerprint density at radius 1 is 0.645 bits per heavy atom. The van der Waals surface area contributed by atoms with Crippen molar-refractivity contribution in [1.82, 2.24) is 77.3 Å². The van der Waals surface area contributed by atoms with Gasteiger partial charge in [0, 0.05) is 81.0 Å². The van der Waals surface area contributed by atoms with Gasteiger partial charge >= 0.3 is 0 Å². The quantitative estimate of drug-likeness (QED) is 0.0142. The lowest BCUT2D eigenvalue weighted by Gasteiger charge is -2.38. The second-order valence-corrected chi connectivity index (χ2v) is 28.1. The highest BCUT2D eigenvalue weighted by Crippen LogP contribution is 2.24. The molecule has 578 valence electrons. The molecule has 0 spiro atoms. The van der Waals surface area contributed by atoms with Crippen molar-refractivity contribution < 1.29 is 57.8 Å². The molecule has 0 radical (unpaired) electrons. The third kappa shape index (κ3) is 24.4. The Hall–Kier alpha value is -11.3. The second-order valence-electron chi connectivity index (χ2n) is 28.1. The van der Waals surface area contributed by atoms with Crippen LogP contribution in [0.3, 0.4) is 0 Å². The smallest absolute Gasteiger partial charge is 0.261 e. The number of nitrogens with zero attached hydrogens (tertiary/aromatic N) is 5. The zero-order valence-electron chi connectivity index (χ0n) is 61.9. The second kappa shape index (κ2) is 39.7. The zero-order valence-corrected chi connectivity index (χ0v) is 61.9. The van der Waals surface area contributed by atoms with Crippen LogP contribution in [-0.2, 0) is 78.5 Å². The number of hydrogen-bond donors (Lipinski definition) is 16. The van der Waals surface area contributed by atoms with Crippen molar-refractivity contribution in [2.75, 3.05) is 37.6 Å². The molecule has 33 nitrogen and oxygen atoms in total. The molecule has 3 aromatic carbocycles. The first-order valence-corrected chi connectivity index (χ1v) is 36.3. The van der Waals surface area contributed by atoms with Crippen LogP contribution in [0, 0.1) is 23.2 Å². The summed E-state index contributed by atoms with van der Waals surface area (Å²) >= 11 is 0. The molecule has 0 saturated carbocycles. The van der Waals surface area contributed by atoms with Crippen LogP contribution in [0.5, 0.6) is 5.75 Å². The molecule has 0 bridgehead atoms. The van der Waals surface area contributed by atoms with Crippen molar-refractivity contribution in [3.05, 3.63) is 119 Å². The number of H-pyrrole nitrogens is 2. The van der Waals surface area contributed by atoms with Gasteiger partial charge in [0.15, 0.2) is 11.7 Å². The molecule has 10 amide bonds. The van der Waals surface area contributed by atoms with Crippen molar-refractivity contribution in [2.24, 2.45) is 35.0 Å². The van der Waals surface area contributed by atoms with E-state index in [4.69, 9.17) is 22.6 Å². The predicted octanol–water partition coefficient (Wildman–Crippen LogP) is 0.555. The van der Waals surface area contributed by atoms with E-state index in [1.807, 2.05) is 43.9 Å². The summed E-state index contributed by atoms with van der Waals surface area (Å²) in [5.41, 5.74) is 19.9. The van der Waals surface area contributed by atoms with Crippen LogP contribution in [-0.4, -0.2) is 192 Å². The van der Waals surface area contributed by atoms with E-state index in [-0.39, 0.29) is 103 Å². The van der Waals surface area contributed by atoms with Crippen molar-refractivity contribution in [3.63, 3.8) is 0 Å². The van der Waals surface area contributed by atoms with E-state index in [9.17, 15) is 62.6 Å². The number of nitrogens with one attached hydrogen (secondary N) is 12. The number of anilines is 1. The van der Waals surface area contributed by atoms with Crippen molar-refractivity contribution in [2.45, 2.75) is 187 Å². The van der Waals surface area contributed by atoms with Crippen LogP contribution in [0.25, 0.3) is 21.8 Å². The molecule has 10 atom stereocenters. The number of aromatic nitrogens is 5. The minimum atomic E-state index is -1.72. The Morgan fingerprint density at radius 3 is 1.86 bits per heavy atom. The molecule has 7 rings (SSSR count). The maximum atomic E-state index is 15.0. The lowest BCUT2D eigenvalue weighted by Crippen LogP contribution is -2.61. The fraction of sp³-hybridized carbons (Fsp3) is 0.500. The van der Waals surface area contributed by atoms with Gasteiger partial charge in [-0.2, -0.15) is 0 Å². The molecule has 19 N–H and O–H groups in total. The van der Waals surface area contributed by atoms with E-state index in [1.165, 1.54) is 50.0 Å². The van der Waals surface area contributed by atoms with Gasteiger partial charge in [-0.1, -0.05) is 98.1 Å². The van der Waals surface area contributed by atoms with Crippen LogP contribution in [0.15, 0.2) is 96.6 Å². The van der Waals surface area contributed by atoms with E-state index in [0.717, 1.165) is 28.3 Å². The summed E-state index contributed by atoms with van der Waals surface area (Å²) in [4.78, 5) is 187. The van der Waals surface area contributed by atoms with E-state index < -0.39 is 120 Å². The van der Waals surface area contributed by atoms with Gasteiger partial charge in [0.2, 0.25) is 59.1 Å². The van der Waals surface area contributed by atoms with Gasteiger partial charge in [-0.05, 0) is 97.9 Å². The van der Waals surface area contributed by atoms with Gasteiger partial charge in [0.05, 0.1) is 47.8 Å². The SMILES string of the molecule is CCCC[C@H](NC(=O)[C@@H](N)[C@@H](C)CC)C(=O)N1CCN(c2ccc3ncn(CC(=O)N[C@@H](CCCNC(=N)N)C(=O)N[C@@H](Cc4c[nH]cn4)C(=O)N[C@@H](Cc4ccc(O)cc4)C(=O)N[C@@H](CC(C)C)C(=O)N[C@@H](CC(N)=O)C(=O)N[C@@H](Cc4c[nH]c5ccccc45)C(=O)N[C@H](C(C)=O)C(C)C)c(=O)c3c2)CC1. The maximum absolute atomic E-state index is 15.0. The number of fused-ring (bicyclic) bond motifs is 2. The monoisotopic (exact) mass is 1480 g/mol. The average Bonchev–Trinajstić information content (AvgIpc) is 1.43. The third-order valence-corrected chi connectivity index (χ3v) is 18.9.